The van der Waals surface area contributed by atoms with E-state index in [0.29, 0.717) is 25.3 Å². The van der Waals surface area contributed by atoms with E-state index in [0.717, 1.165) is 12.0 Å². The Hall–Kier alpha value is -2.54. The van der Waals surface area contributed by atoms with Crippen LogP contribution in [0, 0.1) is 5.82 Å². The van der Waals surface area contributed by atoms with Crippen LogP contribution in [0.15, 0.2) is 29.1 Å². The number of hydrogen-bond acceptors (Lipinski definition) is 5. The molecular formula is C19H22FN3O3. The Morgan fingerprint density at radius 2 is 2.04 bits per heavy atom. The van der Waals surface area contributed by atoms with E-state index in [1.165, 1.54) is 16.7 Å². The first kappa shape index (κ1) is 18.3. The molecule has 1 aliphatic rings. The molecule has 26 heavy (non-hydrogen) atoms. The summed E-state index contributed by atoms with van der Waals surface area (Å²) < 4.78 is 14.4. The number of nitrogens with zero attached hydrogens (tertiary/aromatic N) is 2. The van der Waals surface area contributed by atoms with Gasteiger partial charge >= 0.3 is 0 Å². The lowest BCUT2D eigenvalue weighted by Crippen LogP contribution is -2.41. The number of ketones is 1. The normalized spacial score (nSPS) is 16.0. The van der Waals surface area contributed by atoms with Gasteiger partial charge in [0.2, 0.25) is 5.75 Å². The van der Waals surface area contributed by atoms with Gasteiger partial charge in [0.05, 0.1) is 5.54 Å². The molecule has 1 aromatic carbocycles. The van der Waals surface area contributed by atoms with Crippen LogP contribution in [0.25, 0.3) is 0 Å². The van der Waals surface area contributed by atoms with E-state index in [1.54, 1.807) is 12.1 Å². The minimum absolute atomic E-state index is 0.0724. The van der Waals surface area contributed by atoms with Crippen LogP contribution in [0.5, 0.6) is 5.75 Å². The summed E-state index contributed by atoms with van der Waals surface area (Å²) in [6.07, 6.45) is 1.18. The summed E-state index contributed by atoms with van der Waals surface area (Å²) in [5, 5.41) is 13.5. The largest absolute Gasteiger partial charge is 0.501 e. The molecule has 2 aromatic rings. The number of rotatable bonds is 4. The van der Waals surface area contributed by atoms with Crippen LogP contribution < -0.4 is 10.9 Å². The Morgan fingerprint density at radius 1 is 1.35 bits per heavy atom. The van der Waals surface area contributed by atoms with E-state index in [-0.39, 0.29) is 17.9 Å². The number of aryl methyl sites for hydroxylation is 1. The van der Waals surface area contributed by atoms with Gasteiger partial charge in [-0.3, -0.25) is 14.2 Å². The van der Waals surface area contributed by atoms with Crippen LogP contribution in [0.2, 0.25) is 0 Å². The maximum Gasteiger partial charge on any atom is 0.296 e. The van der Waals surface area contributed by atoms with Crippen LogP contribution in [-0.2, 0) is 18.5 Å². The van der Waals surface area contributed by atoms with Crippen molar-refractivity contribution < 1.29 is 14.3 Å². The Morgan fingerprint density at radius 3 is 2.73 bits per heavy atom. The second-order valence-electron chi connectivity index (χ2n) is 7.04. The van der Waals surface area contributed by atoms with Crippen molar-refractivity contribution in [1.29, 1.82) is 0 Å². The fraction of sp³-hybridized carbons (Fsp3) is 0.421. The highest BCUT2D eigenvalue weighted by atomic mass is 19.1. The van der Waals surface area contributed by atoms with Crippen molar-refractivity contribution >= 4 is 5.78 Å². The lowest BCUT2D eigenvalue weighted by atomic mass is 10.0. The van der Waals surface area contributed by atoms with Crippen molar-refractivity contribution in [2.75, 3.05) is 6.54 Å². The molecule has 0 atom stereocenters. The number of benzene rings is 1. The van der Waals surface area contributed by atoms with Crippen LogP contribution >= 0.6 is 0 Å². The third-order valence-corrected chi connectivity index (χ3v) is 4.65. The average Bonchev–Trinajstić information content (AvgIpc) is 2.75. The Balaban J connectivity index is 1.91. The molecule has 0 spiro atoms. The smallest absolute Gasteiger partial charge is 0.296 e. The van der Waals surface area contributed by atoms with E-state index >= 15 is 0 Å². The minimum Gasteiger partial charge on any atom is -0.501 e. The minimum atomic E-state index is -0.601. The average molecular weight is 359 g/mol. The van der Waals surface area contributed by atoms with Gasteiger partial charge in [-0.15, -0.1) is 0 Å². The van der Waals surface area contributed by atoms with Gasteiger partial charge in [0.15, 0.2) is 11.5 Å². The van der Waals surface area contributed by atoms with Gasteiger partial charge in [-0.05, 0) is 50.9 Å². The molecule has 6 nitrogen and oxygen atoms in total. The number of hydrogen-bond donors (Lipinski definition) is 2. The Kier molecular flexibility index (Phi) is 4.91. The molecule has 0 fully saturated rings. The predicted molar refractivity (Wildman–Crippen MR) is 94.9 cm³/mol. The van der Waals surface area contributed by atoms with Gasteiger partial charge in [0.25, 0.3) is 5.56 Å². The molecule has 138 valence electrons. The highest BCUT2D eigenvalue weighted by Crippen LogP contribution is 2.23. The van der Waals surface area contributed by atoms with Crippen LogP contribution in [-0.4, -0.2) is 27.0 Å². The third-order valence-electron chi connectivity index (χ3n) is 4.65. The first-order valence-corrected chi connectivity index (χ1v) is 8.66. The number of Topliss-reactive ketones (excluding diaryl/α,β-unsaturated/α-hetero) is 1. The molecule has 0 bridgehead atoms. The summed E-state index contributed by atoms with van der Waals surface area (Å²) in [7, 11) is 0. The fourth-order valence-corrected chi connectivity index (χ4v) is 3.17. The van der Waals surface area contributed by atoms with E-state index in [4.69, 9.17) is 0 Å². The number of aromatic hydroxyl groups is 1. The third kappa shape index (κ3) is 3.53. The van der Waals surface area contributed by atoms with Gasteiger partial charge in [-0.1, -0.05) is 12.1 Å². The summed E-state index contributed by atoms with van der Waals surface area (Å²) in [4.78, 5) is 29.5. The zero-order valence-electron chi connectivity index (χ0n) is 14.9. The zero-order valence-corrected chi connectivity index (χ0v) is 14.9. The van der Waals surface area contributed by atoms with Crippen LogP contribution in [0.1, 0.15) is 48.6 Å². The summed E-state index contributed by atoms with van der Waals surface area (Å²) in [5.74, 6) is -0.904. The summed E-state index contributed by atoms with van der Waals surface area (Å²) in [5.41, 5.74) is -0.570. The first-order chi connectivity index (χ1) is 12.3. The molecule has 0 unspecified atom stereocenters. The molecule has 2 heterocycles. The molecule has 0 saturated heterocycles. The van der Waals surface area contributed by atoms with Crippen LogP contribution in [0.4, 0.5) is 4.39 Å². The fourth-order valence-electron chi connectivity index (χ4n) is 3.17. The Bertz CT molecular complexity index is 888. The number of nitrogens with one attached hydrogen (secondary N) is 1. The predicted octanol–water partition coefficient (Wildman–Crippen LogP) is 2.13. The van der Waals surface area contributed by atoms with E-state index in [1.807, 2.05) is 13.8 Å². The van der Waals surface area contributed by atoms with Crippen LogP contribution in [0.3, 0.4) is 0 Å². The van der Waals surface area contributed by atoms with Crippen molar-refractivity contribution in [3.63, 3.8) is 0 Å². The van der Waals surface area contributed by atoms with Gasteiger partial charge in [0, 0.05) is 13.0 Å². The lowest BCUT2D eigenvalue weighted by Gasteiger charge is -2.25. The van der Waals surface area contributed by atoms with Crippen molar-refractivity contribution in [3.8, 4) is 5.75 Å². The molecule has 1 aromatic heterocycles. The maximum absolute atomic E-state index is 13.0. The second kappa shape index (κ2) is 6.99. The standard InChI is InChI=1S/C19H22FN3O3/c1-19(2)18-22-15(16(25)17(26)23(18)11-3-10-21-19)14(24)9-6-12-4-7-13(20)8-5-12/h4-5,7-8,21,25H,3,6,9-11H2,1-2H3. The highest BCUT2D eigenvalue weighted by molar-refractivity contribution is 5.96. The van der Waals surface area contributed by atoms with E-state index in [2.05, 4.69) is 10.3 Å². The molecule has 0 amide bonds. The molecule has 1 aliphatic heterocycles. The summed E-state index contributed by atoms with van der Waals surface area (Å²) in [6, 6.07) is 5.88. The van der Waals surface area contributed by atoms with Crippen molar-refractivity contribution in [1.82, 2.24) is 14.9 Å². The monoisotopic (exact) mass is 359 g/mol. The van der Waals surface area contributed by atoms with Crippen molar-refractivity contribution in [2.24, 2.45) is 0 Å². The summed E-state index contributed by atoms with van der Waals surface area (Å²) in [6.45, 7) is 4.93. The van der Waals surface area contributed by atoms with Gasteiger partial charge < -0.3 is 10.4 Å². The molecule has 0 aliphatic carbocycles. The lowest BCUT2D eigenvalue weighted by molar-refractivity contribution is 0.0973. The molecule has 7 heteroatoms. The number of fused-ring (bicyclic) bond motifs is 1. The Labute approximate surface area is 150 Å². The number of carbonyl (C=O) groups excluding carboxylic acids is 1. The highest BCUT2D eigenvalue weighted by Gasteiger charge is 2.31. The van der Waals surface area contributed by atoms with Gasteiger partial charge in [-0.25, -0.2) is 9.37 Å². The molecule has 3 rings (SSSR count). The second-order valence-corrected chi connectivity index (χ2v) is 7.04. The summed E-state index contributed by atoms with van der Waals surface area (Å²) >= 11 is 0. The maximum atomic E-state index is 13.0. The van der Waals surface area contributed by atoms with E-state index in [9.17, 15) is 19.1 Å². The van der Waals surface area contributed by atoms with Gasteiger partial charge in [-0.2, -0.15) is 0 Å². The first-order valence-electron chi connectivity index (χ1n) is 8.66. The molecular weight excluding hydrogens is 337 g/mol. The number of halogens is 1. The van der Waals surface area contributed by atoms with Gasteiger partial charge in [0.1, 0.15) is 11.6 Å². The molecule has 0 radical (unpaired) electrons. The quantitative estimate of drug-likeness (QED) is 0.817. The number of carbonyl (C=O) groups is 1. The number of aromatic nitrogens is 2. The SMILES string of the molecule is CC1(C)NCCCn2c1nc(C(=O)CCc1ccc(F)cc1)c(O)c2=O. The van der Waals surface area contributed by atoms with Crippen molar-refractivity contribution in [2.45, 2.75) is 45.2 Å². The van der Waals surface area contributed by atoms with E-state index < -0.39 is 22.6 Å². The zero-order chi connectivity index (χ0) is 18.9. The molecule has 2 N–H and O–H groups in total. The topological polar surface area (TPSA) is 84.2 Å². The molecule has 0 saturated carbocycles. The van der Waals surface area contributed by atoms with Crippen molar-refractivity contribution in [3.05, 3.63) is 57.5 Å².